The maximum absolute atomic E-state index is 12.9. The molecule has 0 amide bonds. The standard InChI is InChI=1S/C17H21FN4O/c1-23-16-6-8-19-17(20-16)22-12-10-21(11-13-22)9-7-14-2-4-15(18)5-3-14/h2-6,8H,7,9-13H2,1H3. The molecule has 1 saturated heterocycles. The molecule has 2 heterocycles. The van der Waals surface area contributed by atoms with Crippen molar-refractivity contribution in [1.82, 2.24) is 14.9 Å². The van der Waals surface area contributed by atoms with Crippen molar-refractivity contribution in [2.75, 3.05) is 44.7 Å². The molecule has 122 valence electrons. The Labute approximate surface area is 135 Å². The summed E-state index contributed by atoms with van der Waals surface area (Å²) in [5, 5.41) is 0. The number of halogens is 1. The van der Waals surface area contributed by atoms with Gasteiger partial charge in [-0.25, -0.2) is 9.37 Å². The van der Waals surface area contributed by atoms with Gasteiger partial charge in [-0.2, -0.15) is 4.98 Å². The Bertz CT molecular complexity index is 627. The molecular weight excluding hydrogens is 295 g/mol. The average molecular weight is 316 g/mol. The van der Waals surface area contributed by atoms with Crippen LogP contribution in [0.25, 0.3) is 0 Å². The molecule has 1 aliphatic heterocycles. The summed E-state index contributed by atoms with van der Waals surface area (Å²) >= 11 is 0. The smallest absolute Gasteiger partial charge is 0.228 e. The Morgan fingerprint density at radius 3 is 2.52 bits per heavy atom. The van der Waals surface area contributed by atoms with Crippen LogP contribution in [0.3, 0.4) is 0 Å². The minimum absolute atomic E-state index is 0.180. The van der Waals surface area contributed by atoms with E-state index in [-0.39, 0.29) is 5.82 Å². The first-order valence-corrected chi connectivity index (χ1v) is 7.83. The number of rotatable bonds is 5. The molecule has 5 nitrogen and oxygen atoms in total. The van der Waals surface area contributed by atoms with Crippen LogP contribution in [0.1, 0.15) is 5.56 Å². The molecule has 1 aromatic carbocycles. The molecule has 0 atom stereocenters. The number of anilines is 1. The largest absolute Gasteiger partial charge is 0.481 e. The van der Waals surface area contributed by atoms with Crippen LogP contribution in [0.15, 0.2) is 36.5 Å². The minimum Gasteiger partial charge on any atom is -0.481 e. The molecule has 2 aromatic rings. The SMILES string of the molecule is COc1ccnc(N2CCN(CCc3ccc(F)cc3)CC2)n1. The van der Waals surface area contributed by atoms with Crippen molar-refractivity contribution in [3.63, 3.8) is 0 Å². The lowest BCUT2D eigenvalue weighted by molar-refractivity contribution is 0.259. The number of hydrogen-bond donors (Lipinski definition) is 0. The van der Waals surface area contributed by atoms with E-state index in [0.717, 1.165) is 45.1 Å². The number of benzene rings is 1. The number of ether oxygens (including phenoxy) is 1. The number of aromatic nitrogens is 2. The number of piperazine rings is 1. The fourth-order valence-corrected chi connectivity index (χ4v) is 2.71. The van der Waals surface area contributed by atoms with E-state index in [0.29, 0.717) is 5.88 Å². The predicted octanol–water partition coefficient (Wildman–Crippen LogP) is 1.99. The Balaban J connectivity index is 1.49. The van der Waals surface area contributed by atoms with Crippen LogP contribution in [-0.2, 0) is 6.42 Å². The Hall–Kier alpha value is -2.21. The molecule has 1 fully saturated rings. The van der Waals surface area contributed by atoms with Gasteiger partial charge in [0.15, 0.2) is 0 Å². The number of hydrogen-bond acceptors (Lipinski definition) is 5. The molecule has 0 saturated carbocycles. The van der Waals surface area contributed by atoms with Crippen molar-refractivity contribution in [2.24, 2.45) is 0 Å². The lowest BCUT2D eigenvalue weighted by Crippen LogP contribution is -2.47. The first kappa shape index (κ1) is 15.7. The zero-order valence-electron chi connectivity index (χ0n) is 13.3. The molecule has 0 unspecified atom stereocenters. The number of methoxy groups -OCH3 is 1. The van der Waals surface area contributed by atoms with Crippen LogP contribution >= 0.6 is 0 Å². The zero-order chi connectivity index (χ0) is 16.1. The highest BCUT2D eigenvalue weighted by atomic mass is 19.1. The van der Waals surface area contributed by atoms with Gasteiger partial charge >= 0.3 is 0 Å². The summed E-state index contributed by atoms with van der Waals surface area (Å²) in [5.74, 6) is 1.14. The van der Waals surface area contributed by atoms with E-state index in [9.17, 15) is 4.39 Å². The van der Waals surface area contributed by atoms with Crippen LogP contribution in [0, 0.1) is 5.82 Å². The summed E-state index contributed by atoms with van der Waals surface area (Å²) in [5.41, 5.74) is 1.17. The van der Waals surface area contributed by atoms with E-state index in [1.807, 2.05) is 12.1 Å². The first-order chi connectivity index (χ1) is 11.2. The third kappa shape index (κ3) is 4.16. The van der Waals surface area contributed by atoms with Gasteiger partial charge in [0.25, 0.3) is 0 Å². The van der Waals surface area contributed by atoms with Crippen molar-refractivity contribution in [2.45, 2.75) is 6.42 Å². The topological polar surface area (TPSA) is 41.5 Å². The summed E-state index contributed by atoms with van der Waals surface area (Å²) in [4.78, 5) is 13.3. The maximum atomic E-state index is 12.9. The predicted molar refractivity (Wildman–Crippen MR) is 87.3 cm³/mol. The zero-order valence-corrected chi connectivity index (χ0v) is 13.3. The van der Waals surface area contributed by atoms with Gasteiger partial charge in [0, 0.05) is 45.0 Å². The van der Waals surface area contributed by atoms with Gasteiger partial charge in [-0.1, -0.05) is 12.1 Å². The molecule has 0 N–H and O–H groups in total. The second kappa shape index (κ2) is 7.37. The van der Waals surface area contributed by atoms with Crippen molar-refractivity contribution in [1.29, 1.82) is 0 Å². The van der Waals surface area contributed by atoms with Gasteiger partial charge in [-0.05, 0) is 24.1 Å². The van der Waals surface area contributed by atoms with Gasteiger partial charge < -0.3 is 9.64 Å². The third-order valence-corrected chi connectivity index (χ3v) is 4.11. The van der Waals surface area contributed by atoms with Crippen LogP contribution in [0.2, 0.25) is 0 Å². The third-order valence-electron chi connectivity index (χ3n) is 4.11. The normalized spacial score (nSPS) is 15.7. The highest BCUT2D eigenvalue weighted by Gasteiger charge is 2.19. The molecular formula is C17H21FN4O. The quantitative estimate of drug-likeness (QED) is 0.844. The molecule has 0 aliphatic carbocycles. The van der Waals surface area contributed by atoms with Crippen molar-refractivity contribution < 1.29 is 9.13 Å². The van der Waals surface area contributed by atoms with Crippen LogP contribution in [0.4, 0.5) is 10.3 Å². The van der Waals surface area contributed by atoms with Crippen LogP contribution in [-0.4, -0.2) is 54.7 Å². The minimum atomic E-state index is -0.180. The van der Waals surface area contributed by atoms with Crippen LogP contribution < -0.4 is 9.64 Å². The Kier molecular flexibility index (Phi) is 5.02. The lowest BCUT2D eigenvalue weighted by Gasteiger charge is -2.34. The fraction of sp³-hybridized carbons (Fsp3) is 0.412. The van der Waals surface area contributed by atoms with Crippen LogP contribution in [0.5, 0.6) is 5.88 Å². The highest BCUT2D eigenvalue weighted by molar-refractivity contribution is 5.32. The van der Waals surface area contributed by atoms with E-state index in [2.05, 4.69) is 19.8 Å². The Morgan fingerprint density at radius 2 is 1.83 bits per heavy atom. The molecule has 0 radical (unpaired) electrons. The lowest BCUT2D eigenvalue weighted by atomic mass is 10.1. The summed E-state index contributed by atoms with van der Waals surface area (Å²) in [6.45, 7) is 4.73. The van der Waals surface area contributed by atoms with E-state index in [1.165, 1.54) is 17.7 Å². The van der Waals surface area contributed by atoms with Gasteiger partial charge in [-0.15, -0.1) is 0 Å². The monoisotopic (exact) mass is 316 g/mol. The highest BCUT2D eigenvalue weighted by Crippen LogP contribution is 2.14. The van der Waals surface area contributed by atoms with E-state index in [1.54, 1.807) is 19.4 Å². The average Bonchev–Trinajstić information content (AvgIpc) is 2.62. The van der Waals surface area contributed by atoms with E-state index >= 15 is 0 Å². The maximum Gasteiger partial charge on any atom is 0.228 e. The molecule has 0 bridgehead atoms. The molecule has 1 aliphatic rings. The molecule has 6 heteroatoms. The summed E-state index contributed by atoms with van der Waals surface area (Å²) < 4.78 is 18.1. The molecule has 23 heavy (non-hydrogen) atoms. The fourth-order valence-electron chi connectivity index (χ4n) is 2.71. The van der Waals surface area contributed by atoms with Crippen molar-refractivity contribution >= 4 is 5.95 Å². The van der Waals surface area contributed by atoms with Gasteiger partial charge in [0.05, 0.1) is 7.11 Å². The molecule has 3 rings (SSSR count). The molecule has 0 spiro atoms. The van der Waals surface area contributed by atoms with Crippen molar-refractivity contribution in [3.8, 4) is 5.88 Å². The van der Waals surface area contributed by atoms with Gasteiger partial charge in [0.2, 0.25) is 11.8 Å². The summed E-state index contributed by atoms with van der Waals surface area (Å²) in [6, 6.07) is 8.51. The second-order valence-electron chi connectivity index (χ2n) is 5.60. The van der Waals surface area contributed by atoms with E-state index in [4.69, 9.17) is 4.74 Å². The Morgan fingerprint density at radius 1 is 1.09 bits per heavy atom. The van der Waals surface area contributed by atoms with Gasteiger partial charge in [0.1, 0.15) is 5.82 Å². The second-order valence-corrected chi connectivity index (χ2v) is 5.60. The van der Waals surface area contributed by atoms with Gasteiger partial charge in [-0.3, -0.25) is 4.90 Å². The summed E-state index contributed by atoms with van der Waals surface area (Å²) in [7, 11) is 1.61. The van der Waals surface area contributed by atoms with Crippen molar-refractivity contribution in [3.05, 3.63) is 47.9 Å². The number of nitrogens with zero attached hydrogens (tertiary/aromatic N) is 4. The molecule has 1 aromatic heterocycles. The van der Waals surface area contributed by atoms with E-state index < -0.39 is 0 Å². The summed E-state index contributed by atoms with van der Waals surface area (Å²) in [6.07, 6.45) is 2.66. The first-order valence-electron chi connectivity index (χ1n) is 7.83.